The molecular formula is C16H15BrN2O. The third-order valence-corrected chi connectivity index (χ3v) is 3.19. The summed E-state index contributed by atoms with van der Waals surface area (Å²) in [6, 6.07) is 9.86. The average Bonchev–Trinajstić information content (AvgIpc) is 2.47. The van der Waals surface area contributed by atoms with Gasteiger partial charge in [-0.25, -0.2) is 0 Å². The number of terminal acetylenes is 1. The summed E-state index contributed by atoms with van der Waals surface area (Å²) in [6.07, 6.45) is 8.84. The fraction of sp³-hybridized carbons (Fsp3) is 0.188. The predicted molar refractivity (Wildman–Crippen MR) is 83.3 cm³/mol. The Morgan fingerprint density at radius 2 is 2.20 bits per heavy atom. The van der Waals surface area contributed by atoms with Gasteiger partial charge >= 0.3 is 0 Å². The van der Waals surface area contributed by atoms with Crippen LogP contribution in [0.15, 0.2) is 47.2 Å². The molecule has 1 aromatic carbocycles. The van der Waals surface area contributed by atoms with Crippen LogP contribution < -0.4 is 10.1 Å². The second kappa shape index (κ2) is 7.68. The van der Waals surface area contributed by atoms with Crippen LogP contribution in [0.5, 0.6) is 5.75 Å². The van der Waals surface area contributed by atoms with Crippen molar-refractivity contribution < 1.29 is 4.74 Å². The van der Waals surface area contributed by atoms with E-state index in [4.69, 9.17) is 11.2 Å². The van der Waals surface area contributed by atoms with Crippen LogP contribution in [0.25, 0.3) is 0 Å². The van der Waals surface area contributed by atoms with Crippen molar-refractivity contribution in [1.29, 1.82) is 0 Å². The van der Waals surface area contributed by atoms with Crippen molar-refractivity contribution in [3.63, 3.8) is 0 Å². The van der Waals surface area contributed by atoms with Crippen LogP contribution in [0.3, 0.4) is 0 Å². The van der Waals surface area contributed by atoms with Crippen molar-refractivity contribution >= 4 is 15.9 Å². The van der Waals surface area contributed by atoms with Crippen LogP contribution in [0, 0.1) is 12.3 Å². The fourth-order valence-corrected chi connectivity index (χ4v) is 2.20. The maximum absolute atomic E-state index is 5.53. The van der Waals surface area contributed by atoms with E-state index in [1.807, 2.05) is 36.5 Å². The summed E-state index contributed by atoms with van der Waals surface area (Å²) in [6.45, 7) is 1.74. The molecule has 0 atom stereocenters. The molecule has 20 heavy (non-hydrogen) atoms. The third kappa shape index (κ3) is 4.37. The molecule has 0 aliphatic carbocycles. The van der Waals surface area contributed by atoms with Crippen LogP contribution in [-0.2, 0) is 13.1 Å². The second-order valence-electron chi connectivity index (χ2n) is 4.21. The molecule has 0 saturated carbocycles. The van der Waals surface area contributed by atoms with Crippen LogP contribution in [0.4, 0.5) is 0 Å². The molecule has 1 aromatic heterocycles. The van der Waals surface area contributed by atoms with E-state index in [0.717, 1.165) is 27.9 Å². The van der Waals surface area contributed by atoms with Gasteiger partial charge in [0.05, 0.1) is 0 Å². The Labute approximate surface area is 127 Å². The molecule has 0 amide bonds. The molecule has 0 saturated heterocycles. The lowest BCUT2D eigenvalue weighted by atomic mass is 10.2. The van der Waals surface area contributed by atoms with E-state index in [2.05, 4.69) is 32.2 Å². The minimum atomic E-state index is 0.275. The van der Waals surface area contributed by atoms with Gasteiger partial charge in [-0.1, -0.05) is 27.9 Å². The largest absolute Gasteiger partial charge is 0.481 e. The monoisotopic (exact) mass is 330 g/mol. The summed E-state index contributed by atoms with van der Waals surface area (Å²) in [7, 11) is 0. The van der Waals surface area contributed by atoms with Gasteiger partial charge in [-0.2, -0.15) is 0 Å². The highest BCUT2D eigenvalue weighted by Crippen LogP contribution is 2.23. The Bertz CT molecular complexity index is 593. The molecule has 0 bridgehead atoms. The minimum absolute atomic E-state index is 0.275. The number of ether oxygens (including phenoxy) is 1. The Balaban J connectivity index is 1.97. The molecule has 4 heteroatoms. The first kappa shape index (κ1) is 14.6. The van der Waals surface area contributed by atoms with Crippen LogP contribution in [-0.4, -0.2) is 11.6 Å². The molecular weight excluding hydrogens is 316 g/mol. The lowest BCUT2D eigenvalue weighted by Crippen LogP contribution is -2.14. The first-order valence-electron chi connectivity index (χ1n) is 6.24. The van der Waals surface area contributed by atoms with Gasteiger partial charge in [-0.3, -0.25) is 4.98 Å². The topological polar surface area (TPSA) is 34.1 Å². The van der Waals surface area contributed by atoms with E-state index in [-0.39, 0.29) is 6.61 Å². The third-order valence-electron chi connectivity index (χ3n) is 2.70. The maximum atomic E-state index is 5.53. The molecule has 0 aliphatic rings. The van der Waals surface area contributed by atoms with Crippen molar-refractivity contribution in [2.75, 3.05) is 6.61 Å². The number of halogens is 1. The van der Waals surface area contributed by atoms with Crippen molar-refractivity contribution in [3.05, 3.63) is 58.3 Å². The Morgan fingerprint density at radius 1 is 1.30 bits per heavy atom. The molecule has 0 unspecified atom stereocenters. The van der Waals surface area contributed by atoms with Gasteiger partial charge in [-0.15, -0.1) is 6.42 Å². The molecule has 3 nitrogen and oxygen atoms in total. The Kier molecular flexibility index (Phi) is 5.60. The Morgan fingerprint density at radius 3 is 2.95 bits per heavy atom. The molecule has 2 aromatic rings. The maximum Gasteiger partial charge on any atom is 0.148 e. The van der Waals surface area contributed by atoms with E-state index >= 15 is 0 Å². The van der Waals surface area contributed by atoms with Crippen LogP contribution >= 0.6 is 15.9 Å². The SMILES string of the molecule is C#CCOc1ccc(Br)cc1CNCc1cccnc1. The molecule has 1 heterocycles. The van der Waals surface area contributed by atoms with E-state index in [9.17, 15) is 0 Å². The summed E-state index contributed by atoms with van der Waals surface area (Å²) in [5.74, 6) is 3.29. The van der Waals surface area contributed by atoms with Gasteiger partial charge in [-0.05, 0) is 29.8 Å². The number of rotatable bonds is 6. The summed E-state index contributed by atoms with van der Waals surface area (Å²) in [5, 5.41) is 3.37. The van der Waals surface area contributed by atoms with Crippen molar-refractivity contribution in [3.8, 4) is 18.1 Å². The molecule has 2 rings (SSSR count). The molecule has 0 aliphatic heterocycles. The number of benzene rings is 1. The standard InChI is InChI=1S/C16H15BrN2O/c1-2-8-20-16-6-5-15(17)9-14(16)12-19-11-13-4-3-7-18-10-13/h1,3-7,9-10,19H,8,11-12H2. The van der Waals surface area contributed by atoms with Crippen molar-refractivity contribution in [1.82, 2.24) is 10.3 Å². The van der Waals surface area contributed by atoms with Gasteiger partial charge in [0.1, 0.15) is 12.4 Å². The number of hydrogen-bond donors (Lipinski definition) is 1. The first-order valence-corrected chi connectivity index (χ1v) is 7.03. The predicted octanol–water partition coefficient (Wildman–Crippen LogP) is 3.15. The minimum Gasteiger partial charge on any atom is -0.481 e. The number of hydrogen-bond acceptors (Lipinski definition) is 3. The fourth-order valence-electron chi connectivity index (χ4n) is 1.79. The molecule has 102 valence electrons. The molecule has 0 radical (unpaired) electrons. The number of pyridine rings is 1. The van der Waals surface area contributed by atoms with E-state index in [1.165, 1.54) is 0 Å². The molecule has 0 fully saturated rings. The number of aromatic nitrogens is 1. The van der Waals surface area contributed by atoms with Crippen molar-refractivity contribution in [2.45, 2.75) is 13.1 Å². The zero-order valence-corrected chi connectivity index (χ0v) is 12.6. The van der Waals surface area contributed by atoms with Crippen LogP contribution in [0.1, 0.15) is 11.1 Å². The molecule has 0 spiro atoms. The Hall–Kier alpha value is -1.83. The smallest absolute Gasteiger partial charge is 0.148 e. The lowest BCUT2D eigenvalue weighted by molar-refractivity contribution is 0.364. The average molecular weight is 331 g/mol. The lowest BCUT2D eigenvalue weighted by Gasteiger charge is -2.11. The summed E-state index contributed by atoms with van der Waals surface area (Å²) in [4.78, 5) is 4.09. The van der Waals surface area contributed by atoms with E-state index in [1.54, 1.807) is 6.20 Å². The normalized spacial score (nSPS) is 10.0. The highest BCUT2D eigenvalue weighted by molar-refractivity contribution is 9.10. The van der Waals surface area contributed by atoms with Gasteiger partial charge in [0, 0.05) is 35.5 Å². The van der Waals surface area contributed by atoms with Crippen molar-refractivity contribution in [2.24, 2.45) is 0 Å². The van der Waals surface area contributed by atoms with Gasteiger partial charge in [0.2, 0.25) is 0 Å². The zero-order valence-electron chi connectivity index (χ0n) is 11.0. The quantitative estimate of drug-likeness (QED) is 0.826. The summed E-state index contributed by atoms with van der Waals surface area (Å²) >= 11 is 3.47. The first-order chi connectivity index (χ1) is 9.79. The molecule has 1 N–H and O–H groups in total. The zero-order chi connectivity index (χ0) is 14.2. The summed E-state index contributed by atoms with van der Waals surface area (Å²) < 4.78 is 6.55. The van der Waals surface area contributed by atoms with E-state index < -0.39 is 0 Å². The van der Waals surface area contributed by atoms with Crippen LogP contribution in [0.2, 0.25) is 0 Å². The number of nitrogens with zero attached hydrogens (tertiary/aromatic N) is 1. The highest BCUT2D eigenvalue weighted by Gasteiger charge is 2.04. The van der Waals surface area contributed by atoms with Gasteiger partial charge < -0.3 is 10.1 Å². The second-order valence-corrected chi connectivity index (χ2v) is 5.13. The van der Waals surface area contributed by atoms with Gasteiger partial charge in [0.15, 0.2) is 0 Å². The van der Waals surface area contributed by atoms with Gasteiger partial charge in [0.25, 0.3) is 0 Å². The summed E-state index contributed by atoms with van der Waals surface area (Å²) in [5.41, 5.74) is 2.21. The number of nitrogens with one attached hydrogen (secondary N) is 1. The van der Waals surface area contributed by atoms with E-state index in [0.29, 0.717) is 6.54 Å². The highest BCUT2D eigenvalue weighted by atomic mass is 79.9.